The van der Waals surface area contributed by atoms with Crippen LogP contribution in [0.2, 0.25) is 0 Å². The number of likely N-dealkylation sites (N-methyl/N-ethyl adjacent to an activating group) is 1. The molecule has 1 rings (SSSR count). The minimum atomic E-state index is -0.834. The van der Waals surface area contributed by atoms with E-state index in [9.17, 15) is 4.79 Å². The summed E-state index contributed by atoms with van der Waals surface area (Å²) in [6.45, 7) is 5.97. The highest BCUT2D eigenvalue weighted by Crippen LogP contribution is 2.18. The van der Waals surface area contributed by atoms with E-state index in [1.165, 1.54) is 11.8 Å². The molecular formula is C12H22N4O2S. The molecule has 0 bridgehead atoms. The highest BCUT2D eigenvalue weighted by Gasteiger charge is 2.14. The molecule has 1 aromatic heterocycles. The Morgan fingerprint density at radius 2 is 2.11 bits per heavy atom. The van der Waals surface area contributed by atoms with Gasteiger partial charge in [0.1, 0.15) is 5.82 Å². The highest BCUT2D eigenvalue weighted by molar-refractivity contribution is 7.99. The molecule has 0 unspecified atom stereocenters. The van der Waals surface area contributed by atoms with E-state index >= 15 is 0 Å². The highest BCUT2D eigenvalue weighted by atomic mass is 32.2. The van der Waals surface area contributed by atoms with Crippen molar-refractivity contribution in [3.63, 3.8) is 0 Å². The number of aliphatic carboxylic acids is 1. The van der Waals surface area contributed by atoms with Crippen molar-refractivity contribution in [2.24, 2.45) is 5.92 Å². The number of carboxylic acids is 1. The van der Waals surface area contributed by atoms with Crippen molar-refractivity contribution in [3.05, 3.63) is 5.82 Å². The molecule has 0 spiro atoms. The van der Waals surface area contributed by atoms with Gasteiger partial charge < -0.3 is 14.6 Å². The van der Waals surface area contributed by atoms with Crippen LogP contribution < -0.4 is 0 Å². The van der Waals surface area contributed by atoms with Gasteiger partial charge in [-0.15, -0.1) is 10.2 Å². The maximum Gasteiger partial charge on any atom is 0.313 e. The molecule has 6 nitrogen and oxygen atoms in total. The zero-order chi connectivity index (χ0) is 14.4. The SMILES string of the molecule is CC(C)Cn1c(CCN(C)C)nnc1SCC(=O)O. The van der Waals surface area contributed by atoms with Crippen molar-refractivity contribution < 1.29 is 9.90 Å². The Bertz CT molecular complexity index is 418. The van der Waals surface area contributed by atoms with Gasteiger partial charge in [-0.1, -0.05) is 25.6 Å². The van der Waals surface area contributed by atoms with E-state index in [0.29, 0.717) is 11.1 Å². The third-order valence-corrected chi connectivity index (χ3v) is 3.40. The summed E-state index contributed by atoms with van der Waals surface area (Å²) in [6, 6.07) is 0. The van der Waals surface area contributed by atoms with Crippen molar-refractivity contribution in [1.82, 2.24) is 19.7 Å². The van der Waals surface area contributed by atoms with Gasteiger partial charge >= 0.3 is 5.97 Å². The summed E-state index contributed by atoms with van der Waals surface area (Å²) in [5, 5.41) is 17.7. The second-order valence-corrected chi connectivity index (χ2v) is 6.08. The molecule has 0 radical (unpaired) electrons. The van der Waals surface area contributed by atoms with Gasteiger partial charge in [0.05, 0.1) is 5.75 Å². The number of hydrogen-bond acceptors (Lipinski definition) is 5. The second kappa shape index (κ2) is 7.49. The molecule has 1 N–H and O–H groups in total. The number of rotatable bonds is 8. The van der Waals surface area contributed by atoms with Crippen LogP contribution in [0, 0.1) is 5.92 Å². The van der Waals surface area contributed by atoms with Gasteiger partial charge in [-0.2, -0.15) is 0 Å². The Kier molecular flexibility index (Phi) is 6.30. The molecular weight excluding hydrogens is 264 g/mol. The van der Waals surface area contributed by atoms with Crippen LogP contribution in [0.3, 0.4) is 0 Å². The first-order chi connectivity index (χ1) is 8.90. The standard InChI is InChI=1S/C12H22N4O2S/c1-9(2)7-16-10(5-6-15(3)4)13-14-12(16)19-8-11(17)18/h9H,5-8H2,1-4H3,(H,17,18). The molecule has 0 aromatic carbocycles. The minimum Gasteiger partial charge on any atom is -0.481 e. The maximum absolute atomic E-state index is 10.6. The molecule has 0 amide bonds. The predicted molar refractivity (Wildman–Crippen MR) is 75.5 cm³/mol. The molecule has 108 valence electrons. The van der Waals surface area contributed by atoms with Gasteiger partial charge in [-0.05, 0) is 20.0 Å². The van der Waals surface area contributed by atoms with Gasteiger partial charge in [0, 0.05) is 19.5 Å². The zero-order valence-electron chi connectivity index (χ0n) is 12.0. The molecule has 0 atom stereocenters. The summed E-state index contributed by atoms with van der Waals surface area (Å²) in [7, 11) is 4.03. The van der Waals surface area contributed by atoms with E-state index in [4.69, 9.17) is 5.11 Å². The van der Waals surface area contributed by atoms with Gasteiger partial charge in [-0.3, -0.25) is 4.79 Å². The number of hydrogen-bond donors (Lipinski definition) is 1. The summed E-state index contributed by atoms with van der Waals surface area (Å²) < 4.78 is 2.04. The zero-order valence-corrected chi connectivity index (χ0v) is 12.8. The largest absolute Gasteiger partial charge is 0.481 e. The molecule has 0 fully saturated rings. The van der Waals surface area contributed by atoms with Crippen molar-refractivity contribution in [2.45, 2.75) is 32.0 Å². The monoisotopic (exact) mass is 286 g/mol. The van der Waals surface area contributed by atoms with E-state index < -0.39 is 5.97 Å². The summed E-state index contributed by atoms with van der Waals surface area (Å²) in [5.41, 5.74) is 0. The molecule has 1 heterocycles. The van der Waals surface area contributed by atoms with Gasteiger partial charge in [0.15, 0.2) is 5.16 Å². The molecule has 19 heavy (non-hydrogen) atoms. The molecule has 0 aliphatic carbocycles. The summed E-state index contributed by atoms with van der Waals surface area (Å²) in [6.07, 6.45) is 0.820. The third kappa shape index (κ3) is 5.61. The fourth-order valence-electron chi connectivity index (χ4n) is 1.61. The lowest BCUT2D eigenvalue weighted by atomic mass is 10.2. The van der Waals surface area contributed by atoms with Crippen LogP contribution in [-0.4, -0.2) is 57.1 Å². The maximum atomic E-state index is 10.6. The molecule has 7 heteroatoms. The topological polar surface area (TPSA) is 71.2 Å². The lowest BCUT2D eigenvalue weighted by Gasteiger charge is -2.13. The average Bonchev–Trinajstić information content (AvgIpc) is 2.65. The first-order valence-corrected chi connectivity index (χ1v) is 7.30. The van der Waals surface area contributed by atoms with Crippen molar-refractivity contribution in [3.8, 4) is 0 Å². The van der Waals surface area contributed by atoms with Gasteiger partial charge in [0.25, 0.3) is 0 Å². The van der Waals surface area contributed by atoms with Gasteiger partial charge in [0.2, 0.25) is 0 Å². The van der Waals surface area contributed by atoms with Crippen LogP contribution in [0.5, 0.6) is 0 Å². The van der Waals surface area contributed by atoms with E-state index in [-0.39, 0.29) is 5.75 Å². The lowest BCUT2D eigenvalue weighted by molar-refractivity contribution is -0.133. The number of nitrogens with zero attached hydrogens (tertiary/aromatic N) is 4. The fourth-order valence-corrected chi connectivity index (χ4v) is 2.30. The smallest absolute Gasteiger partial charge is 0.313 e. The minimum absolute atomic E-state index is 0.0178. The number of thioether (sulfide) groups is 1. The summed E-state index contributed by atoms with van der Waals surface area (Å²) >= 11 is 1.23. The summed E-state index contributed by atoms with van der Waals surface area (Å²) in [5.74, 6) is 0.580. The Balaban J connectivity index is 2.81. The van der Waals surface area contributed by atoms with Crippen LogP contribution in [0.15, 0.2) is 5.16 Å². The molecule has 0 saturated heterocycles. The lowest BCUT2D eigenvalue weighted by Crippen LogP contribution is -2.18. The second-order valence-electron chi connectivity index (χ2n) is 5.14. The van der Waals surface area contributed by atoms with E-state index in [1.54, 1.807) is 0 Å². The van der Waals surface area contributed by atoms with Crippen LogP contribution in [0.1, 0.15) is 19.7 Å². The quantitative estimate of drug-likeness (QED) is 0.724. The Morgan fingerprint density at radius 3 is 2.63 bits per heavy atom. The molecule has 1 aromatic rings. The van der Waals surface area contributed by atoms with Crippen LogP contribution in [-0.2, 0) is 17.8 Å². The predicted octanol–water partition coefficient (Wildman–Crippen LogP) is 1.21. The number of aromatic nitrogens is 3. The Labute approximate surface area is 118 Å². The Hall–Kier alpha value is -1.08. The van der Waals surface area contributed by atoms with Crippen molar-refractivity contribution >= 4 is 17.7 Å². The number of carboxylic acid groups (broad SMARTS) is 1. The molecule has 0 saturated carbocycles. The van der Waals surface area contributed by atoms with Crippen LogP contribution in [0.25, 0.3) is 0 Å². The van der Waals surface area contributed by atoms with Crippen LogP contribution >= 0.6 is 11.8 Å². The number of carbonyl (C=O) groups is 1. The first-order valence-electron chi connectivity index (χ1n) is 6.31. The van der Waals surface area contributed by atoms with Crippen molar-refractivity contribution in [2.75, 3.05) is 26.4 Å². The van der Waals surface area contributed by atoms with E-state index in [2.05, 4.69) is 28.9 Å². The summed E-state index contributed by atoms with van der Waals surface area (Å²) in [4.78, 5) is 12.7. The molecule has 0 aliphatic rings. The normalized spacial score (nSPS) is 11.5. The Morgan fingerprint density at radius 1 is 1.42 bits per heavy atom. The van der Waals surface area contributed by atoms with Crippen LogP contribution in [0.4, 0.5) is 0 Å². The van der Waals surface area contributed by atoms with Gasteiger partial charge in [-0.25, -0.2) is 0 Å². The fraction of sp³-hybridized carbons (Fsp3) is 0.750. The third-order valence-electron chi connectivity index (χ3n) is 2.45. The average molecular weight is 286 g/mol. The molecule has 0 aliphatic heterocycles. The van der Waals surface area contributed by atoms with E-state index in [0.717, 1.165) is 25.3 Å². The van der Waals surface area contributed by atoms with E-state index in [1.807, 2.05) is 18.7 Å². The first kappa shape index (κ1) is 16.0. The van der Waals surface area contributed by atoms with Crippen molar-refractivity contribution in [1.29, 1.82) is 0 Å².